The monoisotopic (exact) mass is 621 g/mol. The first-order valence-corrected chi connectivity index (χ1v) is 13.7. The van der Waals surface area contributed by atoms with Crippen molar-refractivity contribution in [3.8, 4) is 0 Å². The Hall–Kier alpha value is -2.69. The highest BCUT2D eigenvalue weighted by atomic mass is 79.9. The van der Waals surface area contributed by atoms with Crippen LogP contribution in [0.5, 0.6) is 0 Å². The Balaban J connectivity index is 2.01. The minimum Gasteiger partial charge on any atom is -0.357 e. The molecule has 3 aromatic rings. The van der Waals surface area contributed by atoms with E-state index in [1.165, 1.54) is 24.1 Å². The number of nitrogens with one attached hydrogen (secondary N) is 1. The summed E-state index contributed by atoms with van der Waals surface area (Å²) in [5.41, 5.74) is 1.13. The van der Waals surface area contributed by atoms with Gasteiger partial charge in [-0.15, -0.1) is 0 Å². The van der Waals surface area contributed by atoms with Gasteiger partial charge in [-0.3, -0.25) is 13.9 Å². The van der Waals surface area contributed by atoms with Crippen LogP contribution in [0, 0.1) is 0 Å². The molecule has 0 aromatic heterocycles. The fourth-order valence-electron chi connectivity index (χ4n) is 3.46. The first-order chi connectivity index (χ1) is 16.6. The molecule has 7 nitrogen and oxygen atoms in total. The third kappa shape index (κ3) is 6.71. The fraction of sp³-hybridized carbons (Fsp3) is 0.200. The smallest absolute Gasteiger partial charge is 0.264 e. The Morgan fingerprint density at radius 1 is 0.914 bits per heavy atom. The van der Waals surface area contributed by atoms with Gasteiger partial charge >= 0.3 is 0 Å². The maximum Gasteiger partial charge on any atom is 0.264 e. The SMILES string of the molecule is CNC(=O)C(C)N(Cc1ccc(Br)cc1)C(=O)CN(c1cccc(Br)c1)S(=O)(=O)c1ccccc1. The summed E-state index contributed by atoms with van der Waals surface area (Å²) < 4.78 is 29.8. The van der Waals surface area contributed by atoms with Gasteiger partial charge in [-0.1, -0.05) is 68.3 Å². The molecule has 1 atom stereocenters. The van der Waals surface area contributed by atoms with Crippen LogP contribution in [0.25, 0.3) is 0 Å². The van der Waals surface area contributed by atoms with Gasteiger partial charge in [-0.2, -0.15) is 0 Å². The standard InChI is InChI=1S/C25H25Br2N3O4S/c1-18(25(32)28-2)29(16-19-11-13-20(26)14-12-19)24(31)17-30(22-8-6-7-21(27)15-22)35(33,34)23-9-4-3-5-10-23/h3-15,18H,16-17H2,1-2H3,(H,28,32). The molecule has 2 amide bonds. The van der Waals surface area contributed by atoms with Crippen LogP contribution in [0.2, 0.25) is 0 Å². The van der Waals surface area contributed by atoms with Crippen molar-refractivity contribution in [2.75, 3.05) is 17.9 Å². The summed E-state index contributed by atoms with van der Waals surface area (Å²) in [4.78, 5) is 27.6. The van der Waals surface area contributed by atoms with Crippen molar-refractivity contribution in [1.29, 1.82) is 0 Å². The van der Waals surface area contributed by atoms with E-state index in [-0.39, 0.29) is 17.3 Å². The lowest BCUT2D eigenvalue weighted by atomic mass is 10.1. The molecule has 0 saturated carbocycles. The van der Waals surface area contributed by atoms with E-state index in [9.17, 15) is 18.0 Å². The van der Waals surface area contributed by atoms with Crippen LogP contribution >= 0.6 is 31.9 Å². The topological polar surface area (TPSA) is 86.8 Å². The normalized spacial score (nSPS) is 12.0. The van der Waals surface area contributed by atoms with Gasteiger partial charge in [0.05, 0.1) is 10.6 Å². The highest BCUT2D eigenvalue weighted by Crippen LogP contribution is 2.27. The molecule has 0 aliphatic carbocycles. The molecule has 1 unspecified atom stereocenters. The highest BCUT2D eigenvalue weighted by molar-refractivity contribution is 9.10. The van der Waals surface area contributed by atoms with Crippen molar-refractivity contribution in [1.82, 2.24) is 10.2 Å². The number of hydrogen-bond acceptors (Lipinski definition) is 4. The van der Waals surface area contributed by atoms with Gasteiger partial charge in [0.25, 0.3) is 10.0 Å². The molecule has 0 radical (unpaired) electrons. The number of nitrogens with zero attached hydrogens (tertiary/aromatic N) is 2. The van der Waals surface area contributed by atoms with Gasteiger partial charge in [0.15, 0.2) is 0 Å². The molecule has 0 bridgehead atoms. The van der Waals surface area contributed by atoms with Crippen LogP contribution in [0.15, 0.2) is 92.7 Å². The second-order valence-corrected chi connectivity index (χ2v) is 11.4. The van der Waals surface area contributed by atoms with E-state index in [0.717, 1.165) is 14.3 Å². The van der Waals surface area contributed by atoms with E-state index in [4.69, 9.17) is 0 Å². The number of halogens is 2. The fourth-order valence-corrected chi connectivity index (χ4v) is 5.54. The molecule has 0 aliphatic rings. The largest absolute Gasteiger partial charge is 0.357 e. The van der Waals surface area contributed by atoms with E-state index >= 15 is 0 Å². The lowest BCUT2D eigenvalue weighted by molar-refractivity contribution is -0.139. The van der Waals surface area contributed by atoms with Crippen molar-refractivity contribution in [3.05, 3.63) is 93.4 Å². The second-order valence-electron chi connectivity index (χ2n) is 7.74. The number of amides is 2. The van der Waals surface area contributed by atoms with E-state index in [0.29, 0.717) is 10.2 Å². The molecular formula is C25H25Br2N3O4S. The van der Waals surface area contributed by atoms with E-state index in [1.807, 2.05) is 24.3 Å². The molecule has 0 heterocycles. The number of hydrogen-bond donors (Lipinski definition) is 1. The van der Waals surface area contributed by atoms with Gasteiger partial charge in [-0.25, -0.2) is 8.42 Å². The first kappa shape index (κ1) is 26.9. The maximum absolute atomic E-state index is 13.6. The average molecular weight is 623 g/mol. The van der Waals surface area contributed by atoms with Crippen LogP contribution in [0.4, 0.5) is 5.69 Å². The molecule has 3 aromatic carbocycles. The summed E-state index contributed by atoms with van der Waals surface area (Å²) in [5.74, 6) is -0.862. The summed E-state index contributed by atoms with van der Waals surface area (Å²) in [6.45, 7) is 1.27. The third-order valence-electron chi connectivity index (χ3n) is 5.39. The quantitative estimate of drug-likeness (QED) is 0.379. The first-order valence-electron chi connectivity index (χ1n) is 10.7. The second kappa shape index (κ2) is 11.8. The molecule has 0 spiro atoms. The zero-order valence-electron chi connectivity index (χ0n) is 19.2. The Kier molecular flexibility index (Phi) is 9.09. The van der Waals surface area contributed by atoms with E-state index < -0.39 is 28.5 Å². The predicted octanol–water partition coefficient (Wildman–Crippen LogP) is 4.57. The lowest BCUT2D eigenvalue weighted by Crippen LogP contribution is -2.50. The average Bonchev–Trinajstić information content (AvgIpc) is 2.86. The molecule has 0 fully saturated rings. The maximum atomic E-state index is 13.6. The molecule has 184 valence electrons. The number of carbonyl (C=O) groups excluding carboxylic acids is 2. The van der Waals surface area contributed by atoms with Gasteiger partial charge < -0.3 is 10.2 Å². The van der Waals surface area contributed by atoms with Crippen LogP contribution in [-0.4, -0.2) is 44.8 Å². The summed E-state index contributed by atoms with van der Waals surface area (Å²) in [6.07, 6.45) is 0. The molecule has 10 heteroatoms. The van der Waals surface area contributed by atoms with Crippen LogP contribution in [0.3, 0.4) is 0 Å². The molecule has 0 saturated heterocycles. The highest BCUT2D eigenvalue weighted by Gasteiger charge is 2.32. The van der Waals surface area contributed by atoms with Crippen molar-refractivity contribution >= 4 is 59.4 Å². The Bertz CT molecular complexity index is 1290. The summed E-state index contributed by atoms with van der Waals surface area (Å²) in [6, 6.07) is 21.2. The van der Waals surface area contributed by atoms with E-state index in [1.54, 1.807) is 49.4 Å². The summed E-state index contributed by atoms with van der Waals surface area (Å²) in [5, 5.41) is 2.57. The number of rotatable bonds is 9. The summed E-state index contributed by atoms with van der Waals surface area (Å²) in [7, 11) is -2.58. The zero-order chi connectivity index (χ0) is 25.6. The van der Waals surface area contributed by atoms with Crippen molar-refractivity contribution < 1.29 is 18.0 Å². The predicted molar refractivity (Wildman–Crippen MR) is 143 cm³/mol. The Morgan fingerprint density at radius 2 is 1.57 bits per heavy atom. The molecule has 3 rings (SSSR count). The molecule has 1 N–H and O–H groups in total. The van der Waals surface area contributed by atoms with Gasteiger partial charge in [0, 0.05) is 22.5 Å². The van der Waals surface area contributed by atoms with Crippen molar-refractivity contribution in [2.45, 2.75) is 24.4 Å². The van der Waals surface area contributed by atoms with Crippen LogP contribution in [-0.2, 0) is 26.2 Å². The number of benzene rings is 3. The molecule has 35 heavy (non-hydrogen) atoms. The Labute approximate surface area is 222 Å². The number of carbonyl (C=O) groups is 2. The van der Waals surface area contributed by atoms with Gasteiger partial charge in [0.2, 0.25) is 11.8 Å². The number of likely N-dealkylation sites (N-methyl/N-ethyl adjacent to an activating group) is 1. The minimum atomic E-state index is -4.07. The van der Waals surface area contributed by atoms with Crippen molar-refractivity contribution in [3.63, 3.8) is 0 Å². The number of anilines is 1. The zero-order valence-corrected chi connectivity index (χ0v) is 23.2. The molecule has 0 aliphatic heterocycles. The Morgan fingerprint density at radius 3 is 2.17 bits per heavy atom. The van der Waals surface area contributed by atoms with Crippen LogP contribution in [0.1, 0.15) is 12.5 Å². The van der Waals surface area contributed by atoms with Gasteiger partial charge in [-0.05, 0) is 55.0 Å². The number of sulfonamides is 1. The van der Waals surface area contributed by atoms with Crippen molar-refractivity contribution in [2.24, 2.45) is 0 Å². The minimum absolute atomic E-state index is 0.0617. The van der Waals surface area contributed by atoms with E-state index in [2.05, 4.69) is 37.2 Å². The lowest BCUT2D eigenvalue weighted by Gasteiger charge is -2.31. The summed E-state index contributed by atoms with van der Waals surface area (Å²) >= 11 is 6.77. The van der Waals surface area contributed by atoms with Gasteiger partial charge in [0.1, 0.15) is 12.6 Å². The van der Waals surface area contributed by atoms with Crippen LogP contribution < -0.4 is 9.62 Å². The molecular weight excluding hydrogens is 598 g/mol. The third-order valence-corrected chi connectivity index (χ3v) is 8.20.